The van der Waals surface area contributed by atoms with Crippen LogP contribution in [0.5, 0.6) is 0 Å². The van der Waals surface area contributed by atoms with Crippen molar-refractivity contribution in [2.45, 2.75) is 36.6 Å². The second-order valence-electron chi connectivity index (χ2n) is 4.82. The van der Waals surface area contributed by atoms with Crippen LogP contribution in [0.1, 0.15) is 29.7 Å². The van der Waals surface area contributed by atoms with Crippen molar-refractivity contribution in [3.63, 3.8) is 0 Å². The predicted molar refractivity (Wildman–Crippen MR) is 79.0 cm³/mol. The Labute approximate surface area is 118 Å². The van der Waals surface area contributed by atoms with Crippen molar-refractivity contribution in [1.29, 1.82) is 0 Å². The normalized spacial score (nSPS) is 12.5. The van der Waals surface area contributed by atoms with Crippen molar-refractivity contribution < 1.29 is 4.39 Å². The molecule has 0 aliphatic heterocycles. The number of aryl methyl sites for hydroxylation is 2. The van der Waals surface area contributed by atoms with E-state index in [4.69, 9.17) is 5.73 Å². The maximum Gasteiger partial charge on any atom is 0.137 e. The summed E-state index contributed by atoms with van der Waals surface area (Å²) in [4.78, 5) is 1.71. The maximum atomic E-state index is 14.1. The van der Waals surface area contributed by atoms with Crippen molar-refractivity contribution in [2.24, 2.45) is 5.73 Å². The Morgan fingerprint density at radius 3 is 2.58 bits per heavy atom. The Hall–Kier alpha value is -1.32. The highest BCUT2D eigenvalue weighted by atomic mass is 32.2. The zero-order valence-electron chi connectivity index (χ0n) is 11.4. The first kappa shape index (κ1) is 14.1. The van der Waals surface area contributed by atoms with Gasteiger partial charge in [-0.3, -0.25) is 0 Å². The molecule has 0 aliphatic rings. The summed E-state index contributed by atoms with van der Waals surface area (Å²) in [6.07, 6.45) is 0. The van der Waals surface area contributed by atoms with E-state index in [2.05, 4.69) is 18.2 Å². The molecule has 0 saturated heterocycles. The number of halogens is 1. The van der Waals surface area contributed by atoms with Gasteiger partial charge in [-0.15, -0.1) is 0 Å². The van der Waals surface area contributed by atoms with Crippen molar-refractivity contribution in [1.82, 2.24) is 0 Å². The second kappa shape index (κ2) is 5.76. The molecule has 0 heterocycles. The molecule has 0 radical (unpaired) electrons. The number of nitrogens with two attached hydrogens (primary N) is 1. The molecule has 0 unspecified atom stereocenters. The monoisotopic (exact) mass is 275 g/mol. The Kier molecular flexibility index (Phi) is 4.27. The molecule has 0 bridgehead atoms. The van der Waals surface area contributed by atoms with E-state index in [1.807, 2.05) is 26.8 Å². The van der Waals surface area contributed by atoms with Crippen molar-refractivity contribution in [3.8, 4) is 0 Å². The second-order valence-corrected chi connectivity index (χ2v) is 5.87. The molecule has 0 amide bonds. The van der Waals surface area contributed by atoms with Crippen LogP contribution >= 0.6 is 11.8 Å². The summed E-state index contributed by atoms with van der Waals surface area (Å²) in [6.45, 7) is 5.95. The number of hydrogen-bond donors (Lipinski definition) is 1. The van der Waals surface area contributed by atoms with E-state index in [9.17, 15) is 4.39 Å². The van der Waals surface area contributed by atoms with Crippen LogP contribution in [0.3, 0.4) is 0 Å². The van der Waals surface area contributed by atoms with Crippen molar-refractivity contribution >= 4 is 11.8 Å². The van der Waals surface area contributed by atoms with E-state index >= 15 is 0 Å². The molecule has 0 spiro atoms. The van der Waals surface area contributed by atoms with Crippen molar-refractivity contribution in [2.75, 3.05) is 0 Å². The van der Waals surface area contributed by atoms with Gasteiger partial charge < -0.3 is 5.73 Å². The zero-order valence-corrected chi connectivity index (χ0v) is 12.2. The SMILES string of the molecule is Cc1ccc(C)c(Sc2c(F)cccc2[C@H](C)N)c1. The van der Waals surface area contributed by atoms with Crippen LogP contribution in [0.2, 0.25) is 0 Å². The average Bonchev–Trinajstić information content (AvgIpc) is 2.35. The lowest BCUT2D eigenvalue weighted by Gasteiger charge is -2.14. The van der Waals surface area contributed by atoms with E-state index in [-0.39, 0.29) is 11.9 Å². The minimum Gasteiger partial charge on any atom is -0.324 e. The van der Waals surface area contributed by atoms with E-state index < -0.39 is 0 Å². The molecule has 19 heavy (non-hydrogen) atoms. The molecule has 2 aromatic carbocycles. The molecule has 1 nitrogen and oxygen atoms in total. The molecule has 100 valence electrons. The predicted octanol–water partition coefficient (Wildman–Crippen LogP) is 4.61. The lowest BCUT2D eigenvalue weighted by molar-refractivity contribution is 0.591. The van der Waals surface area contributed by atoms with E-state index in [1.165, 1.54) is 23.4 Å². The fourth-order valence-electron chi connectivity index (χ4n) is 1.92. The highest BCUT2D eigenvalue weighted by molar-refractivity contribution is 7.99. The van der Waals surface area contributed by atoms with E-state index in [0.29, 0.717) is 4.90 Å². The fourth-order valence-corrected chi connectivity index (χ4v) is 3.15. The molecule has 0 aromatic heterocycles. The van der Waals surface area contributed by atoms with Crippen LogP contribution < -0.4 is 5.73 Å². The van der Waals surface area contributed by atoms with Crippen molar-refractivity contribution in [3.05, 3.63) is 58.9 Å². The quantitative estimate of drug-likeness (QED) is 0.885. The van der Waals surface area contributed by atoms with Gasteiger partial charge in [-0.2, -0.15) is 0 Å². The minimum atomic E-state index is -0.208. The van der Waals surface area contributed by atoms with E-state index in [0.717, 1.165) is 16.0 Å². The van der Waals surface area contributed by atoms with Crippen LogP contribution in [-0.2, 0) is 0 Å². The van der Waals surface area contributed by atoms with Gasteiger partial charge >= 0.3 is 0 Å². The van der Waals surface area contributed by atoms with Gasteiger partial charge in [0.15, 0.2) is 0 Å². The standard InChI is InChI=1S/C16H18FNS/c1-10-7-8-11(2)15(9-10)19-16-13(12(3)18)5-4-6-14(16)17/h4-9,12H,18H2,1-3H3/t12-/m0/s1. The Balaban J connectivity index is 2.46. The lowest BCUT2D eigenvalue weighted by atomic mass is 10.1. The van der Waals surface area contributed by atoms with Crippen LogP contribution in [0.4, 0.5) is 4.39 Å². The molecule has 0 fully saturated rings. The van der Waals surface area contributed by atoms with Gasteiger partial charge in [-0.1, -0.05) is 36.0 Å². The Morgan fingerprint density at radius 2 is 1.89 bits per heavy atom. The Bertz CT molecular complexity index is 593. The first-order valence-electron chi connectivity index (χ1n) is 6.28. The lowest BCUT2D eigenvalue weighted by Crippen LogP contribution is -2.07. The Morgan fingerprint density at radius 1 is 1.16 bits per heavy atom. The maximum absolute atomic E-state index is 14.1. The highest BCUT2D eigenvalue weighted by Crippen LogP contribution is 2.36. The molecular weight excluding hydrogens is 257 g/mol. The van der Waals surface area contributed by atoms with Gasteiger partial charge in [0.25, 0.3) is 0 Å². The van der Waals surface area contributed by atoms with Gasteiger partial charge in [-0.25, -0.2) is 4.39 Å². The summed E-state index contributed by atoms with van der Waals surface area (Å²) in [5.41, 5.74) is 9.10. The number of benzene rings is 2. The summed E-state index contributed by atoms with van der Waals surface area (Å²) < 4.78 is 14.1. The summed E-state index contributed by atoms with van der Waals surface area (Å²) in [6, 6.07) is 11.1. The van der Waals surface area contributed by atoms with Gasteiger partial charge in [0.2, 0.25) is 0 Å². The zero-order chi connectivity index (χ0) is 14.0. The van der Waals surface area contributed by atoms with Gasteiger partial charge in [0.05, 0.1) is 4.90 Å². The third kappa shape index (κ3) is 3.17. The molecular formula is C16H18FNS. The number of rotatable bonds is 3. The molecule has 0 aliphatic carbocycles. The van der Waals surface area contributed by atoms with Gasteiger partial charge in [0, 0.05) is 10.9 Å². The van der Waals surface area contributed by atoms with Crippen LogP contribution in [0, 0.1) is 19.7 Å². The highest BCUT2D eigenvalue weighted by Gasteiger charge is 2.14. The summed E-state index contributed by atoms with van der Waals surface area (Å²) in [7, 11) is 0. The summed E-state index contributed by atoms with van der Waals surface area (Å²) in [5, 5.41) is 0. The third-order valence-corrected chi connectivity index (χ3v) is 4.34. The van der Waals surface area contributed by atoms with Crippen LogP contribution in [0.25, 0.3) is 0 Å². The summed E-state index contributed by atoms with van der Waals surface area (Å²) in [5.74, 6) is -0.208. The first-order valence-corrected chi connectivity index (χ1v) is 7.10. The third-order valence-electron chi connectivity index (χ3n) is 3.04. The summed E-state index contributed by atoms with van der Waals surface area (Å²) >= 11 is 1.45. The molecule has 2 rings (SSSR count). The van der Waals surface area contributed by atoms with Crippen LogP contribution in [0.15, 0.2) is 46.2 Å². The molecule has 1 atom stereocenters. The smallest absolute Gasteiger partial charge is 0.137 e. The van der Waals surface area contributed by atoms with Crippen LogP contribution in [-0.4, -0.2) is 0 Å². The largest absolute Gasteiger partial charge is 0.324 e. The molecule has 2 aromatic rings. The van der Waals surface area contributed by atoms with Gasteiger partial charge in [0.1, 0.15) is 5.82 Å². The molecule has 3 heteroatoms. The molecule has 0 saturated carbocycles. The molecule has 2 N–H and O–H groups in total. The fraction of sp³-hybridized carbons (Fsp3) is 0.250. The number of hydrogen-bond acceptors (Lipinski definition) is 2. The minimum absolute atomic E-state index is 0.177. The first-order chi connectivity index (χ1) is 8.99. The average molecular weight is 275 g/mol. The van der Waals surface area contributed by atoms with E-state index in [1.54, 1.807) is 6.07 Å². The van der Waals surface area contributed by atoms with Gasteiger partial charge in [-0.05, 0) is 49.6 Å². The topological polar surface area (TPSA) is 26.0 Å².